The smallest absolute Gasteiger partial charge is 0.303 e. The van der Waals surface area contributed by atoms with Crippen molar-refractivity contribution in [3.63, 3.8) is 0 Å². The van der Waals surface area contributed by atoms with Gasteiger partial charge >= 0.3 is 13.7 Å². The van der Waals surface area contributed by atoms with E-state index in [1.165, 1.54) is 51.4 Å². The van der Waals surface area contributed by atoms with Gasteiger partial charge in [-0.3, -0.25) is 0 Å². The van der Waals surface area contributed by atoms with Gasteiger partial charge < -0.3 is 8.95 Å². The summed E-state index contributed by atoms with van der Waals surface area (Å²) in [6.07, 6.45) is 7.94. The minimum absolute atomic E-state index is 0.391. The predicted molar refractivity (Wildman–Crippen MR) is 135 cm³/mol. The van der Waals surface area contributed by atoms with Gasteiger partial charge in [0, 0.05) is 0 Å². The summed E-state index contributed by atoms with van der Waals surface area (Å²) in [6, 6.07) is 0. The lowest BCUT2D eigenvalue weighted by atomic mass is 9.51. The van der Waals surface area contributed by atoms with Crippen molar-refractivity contribution < 1.29 is 0 Å². The van der Waals surface area contributed by atoms with Crippen LogP contribution in [0.25, 0.3) is 0 Å². The van der Waals surface area contributed by atoms with Crippen molar-refractivity contribution in [2.75, 3.05) is 13.1 Å². The third-order valence-corrected chi connectivity index (χ3v) is 19.8. The molecule has 28 heavy (non-hydrogen) atoms. The van der Waals surface area contributed by atoms with E-state index >= 15 is 0 Å². The second-order valence-corrected chi connectivity index (χ2v) is 22.7. The van der Waals surface area contributed by atoms with Crippen LogP contribution in [0, 0.1) is 11.6 Å². The molecule has 2 aliphatic heterocycles. The lowest BCUT2D eigenvalue weighted by Crippen LogP contribution is -2.63. The van der Waals surface area contributed by atoms with Crippen molar-refractivity contribution >= 4 is 30.2 Å². The molecular formula is C22H46B2N2Si2. The number of rotatable bonds is 2. The van der Waals surface area contributed by atoms with Crippen LogP contribution >= 0.6 is 0 Å². The number of hydrogen-bond acceptors (Lipinski definition) is 2. The Labute approximate surface area is 180 Å². The van der Waals surface area contributed by atoms with E-state index in [0.29, 0.717) is 23.8 Å². The standard InChI is InChI=1S/C22H46B2N2Si2/c1-21(2,3)27(7,8)25-19-13-11-15-23(25)17-18-24-16-12-14-20-26(24)28(9,10)22(4,5)6/h11-16,19-20H2,1-10H3. The number of nitrogens with zero attached hydrogens (tertiary/aromatic N) is 2. The van der Waals surface area contributed by atoms with Crippen molar-refractivity contribution in [2.24, 2.45) is 0 Å². The molecule has 0 amide bonds. The normalized spacial score (nSPS) is 21.5. The SMILES string of the molecule is CC(C)(C)[Si](C)(C)N1CCCCB1C#CB1CCCCN1[Si](C)(C)C(C)(C)C. The molecule has 0 saturated carbocycles. The zero-order valence-corrected chi connectivity index (χ0v) is 22.7. The first kappa shape index (κ1) is 24.3. The highest BCUT2D eigenvalue weighted by Crippen LogP contribution is 2.41. The van der Waals surface area contributed by atoms with Crippen LogP contribution in [0.4, 0.5) is 0 Å². The van der Waals surface area contributed by atoms with E-state index < -0.39 is 16.5 Å². The maximum Gasteiger partial charge on any atom is 0.303 e. The fourth-order valence-corrected chi connectivity index (χ4v) is 9.66. The molecule has 2 aliphatic rings. The van der Waals surface area contributed by atoms with Crippen molar-refractivity contribution in [3.8, 4) is 11.6 Å². The summed E-state index contributed by atoms with van der Waals surface area (Å²) < 4.78 is 5.73. The van der Waals surface area contributed by atoms with E-state index in [2.05, 4.69) is 88.3 Å². The number of hydrogen-bond donors (Lipinski definition) is 0. The van der Waals surface area contributed by atoms with Crippen LogP contribution in [0.3, 0.4) is 0 Å². The molecule has 2 saturated heterocycles. The fraction of sp³-hybridized carbons (Fsp3) is 0.909. The van der Waals surface area contributed by atoms with E-state index in [4.69, 9.17) is 0 Å². The predicted octanol–water partition coefficient (Wildman–Crippen LogP) is 6.25. The monoisotopic (exact) mass is 416 g/mol. The second-order valence-electron chi connectivity index (χ2n) is 12.3. The molecule has 0 aromatic heterocycles. The molecule has 0 unspecified atom stereocenters. The molecule has 0 spiro atoms. The van der Waals surface area contributed by atoms with Gasteiger partial charge in [0.2, 0.25) is 0 Å². The first-order valence-corrected chi connectivity index (χ1v) is 17.6. The summed E-state index contributed by atoms with van der Waals surface area (Å²) >= 11 is 0. The van der Waals surface area contributed by atoms with Crippen molar-refractivity contribution in [3.05, 3.63) is 0 Å². The summed E-state index contributed by atoms with van der Waals surface area (Å²) in [5.41, 5.74) is 0. The Kier molecular flexibility index (Phi) is 7.51. The third-order valence-electron chi connectivity index (χ3n) is 8.53. The van der Waals surface area contributed by atoms with E-state index in [1.807, 2.05) is 0 Å². The van der Waals surface area contributed by atoms with Crippen LogP contribution in [0.5, 0.6) is 0 Å². The summed E-state index contributed by atoms with van der Waals surface area (Å²) in [7, 11) is -3.02. The van der Waals surface area contributed by atoms with Gasteiger partial charge in [0.25, 0.3) is 0 Å². The molecule has 0 atom stereocenters. The highest BCUT2D eigenvalue weighted by Gasteiger charge is 2.47. The summed E-state index contributed by atoms with van der Waals surface area (Å²) in [5, 5.41) is 0.782. The topological polar surface area (TPSA) is 6.48 Å². The minimum atomic E-state index is -1.51. The molecular weight excluding hydrogens is 370 g/mol. The Bertz CT molecular complexity index is 546. The van der Waals surface area contributed by atoms with Crippen LogP contribution in [-0.2, 0) is 0 Å². The largest absolute Gasteiger partial charge is 0.353 e. The van der Waals surface area contributed by atoms with Gasteiger partial charge in [-0.25, -0.2) is 0 Å². The zero-order chi connectivity index (χ0) is 21.4. The molecule has 6 heteroatoms. The third kappa shape index (κ3) is 5.02. The van der Waals surface area contributed by atoms with Gasteiger partial charge in [-0.1, -0.05) is 80.6 Å². The van der Waals surface area contributed by atoms with Gasteiger partial charge in [-0.15, -0.1) is 11.6 Å². The molecule has 0 N–H and O–H groups in total. The Morgan fingerprint density at radius 2 is 0.929 bits per heavy atom. The molecule has 2 nitrogen and oxygen atoms in total. The van der Waals surface area contributed by atoms with Gasteiger partial charge in [0.15, 0.2) is 0 Å². The van der Waals surface area contributed by atoms with E-state index in [-0.39, 0.29) is 0 Å². The molecule has 0 aromatic carbocycles. The van der Waals surface area contributed by atoms with Gasteiger partial charge in [0.05, 0.1) is 0 Å². The average Bonchev–Trinajstić information content (AvgIpc) is 2.58. The highest BCUT2D eigenvalue weighted by atomic mass is 28.3. The highest BCUT2D eigenvalue weighted by molar-refractivity contribution is 6.90. The molecule has 0 aromatic rings. The van der Waals surface area contributed by atoms with Crippen LogP contribution in [0.15, 0.2) is 0 Å². The van der Waals surface area contributed by atoms with Crippen molar-refractivity contribution in [1.29, 1.82) is 0 Å². The Hall–Kier alpha value is 0.0436. The average molecular weight is 416 g/mol. The van der Waals surface area contributed by atoms with E-state index in [1.54, 1.807) is 0 Å². The maximum atomic E-state index is 3.86. The van der Waals surface area contributed by atoms with Crippen LogP contribution in [-0.4, -0.2) is 52.2 Å². The van der Waals surface area contributed by atoms with Gasteiger partial charge in [0.1, 0.15) is 16.5 Å². The zero-order valence-electron chi connectivity index (χ0n) is 20.7. The molecule has 2 heterocycles. The Morgan fingerprint density at radius 3 is 1.21 bits per heavy atom. The Morgan fingerprint density at radius 1 is 0.607 bits per heavy atom. The van der Waals surface area contributed by atoms with Crippen LogP contribution < -0.4 is 0 Å². The minimum Gasteiger partial charge on any atom is -0.353 e. The van der Waals surface area contributed by atoms with E-state index in [9.17, 15) is 0 Å². The van der Waals surface area contributed by atoms with Gasteiger partial charge in [-0.2, -0.15) is 0 Å². The molecule has 0 aliphatic carbocycles. The van der Waals surface area contributed by atoms with Crippen LogP contribution in [0.1, 0.15) is 67.2 Å². The lowest BCUT2D eigenvalue weighted by Gasteiger charge is -2.50. The maximum absolute atomic E-state index is 3.86. The van der Waals surface area contributed by atoms with Gasteiger partial charge in [-0.05, 0) is 48.6 Å². The summed E-state index contributed by atoms with van der Waals surface area (Å²) in [4.78, 5) is 0. The fourth-order valence-electron chi connectivity index (χ4n) is 4.56. The first-order chi connectivity index (χ1) is 12.7. The second kappa shape index (κ2) is 8.65. The Balaban J connectivity index is 2.27. The van der Waals surface area contributed by atoms with Crippen molar-refractivity contribution in [2.45, 2.75) is 116 Å². The molecule has 0 radical (unpaired) electrons. The molecule has 2 rings (SSSR count). The molecule has 0 bridgehead atoms. The first-order valence-electron chi connectivity index (χ1n) is 11.7. The van der Waals surface area contributed by atoms with E-state index in [0.717, 1.165) is 0 Å². The molecule has 158 valence electrons. The van der Waals surface area contributed by atoms with Crippen LogP contribution in [0.2, 0.25) is 48.9 Å². The summed E-state index contributed by atoms with van der Waals surface area (Å²) in [5.74, 6) is 7.73. The lowest BCUT2D eigenvalue weighted by molar-refractivity contribution is 0.510. The summed E-state index contributed by atoms with van der Waals surface area (Å²) in [6.45, 7) is 28.4. The molecule has 2 fully saturated rings. The van der Waals surface area contributed by atoms with Crippen molar-refractivity contribution in [1.82, 2.24) is 8.95 Å². The quantitative estimate of drug-likeness (QED) is 0.388.